The van der Waals surface area contributed by atoms with E-state index in [1.807, 2.05) is 11.8 Å². The number of nitrogens with one attached hydrogen (secondary N) is 1. The lowest BCUT2D eigenvalue weighted by molar-refractivity contribution is -0.137. The largest absolute Gasteiger partial charge is 0.416 e. The van der Waals surface area contributed by atoms with Gasteiger partial charge in [0.1, 0.15) is 0 Å². The van der Waals surface area contributed by atoms with Crippen molar-refractivity contribution >= 4 is 5.91 Å². The third-order valence-electron chi connectivity index (χ3n) is 6.66. The minimum Gasteiger partial charge on any atom is -0.337 e. The number of benzene rings is 1. The summed E-state index contributed by atoms with van der Waals surface area (Å²) in [6.45, 7) is 4.21. The summed E-state index contributed by atoms with van der Waals surface area (Å²) >= 11 is 0. The van der Waals surface area contributed by atoms with E-state index < -0.39 is 11.7 Å². The van der Waals surface area contributed by atoms with Crippen molar-refractivity contribution in [3.63, 3.8) is 0 Å². The molecule has 1 N–H and O–H groups in total. The number of nitrogens with zero attached hydrogens (tertiary/aromatic N) is 5. The molecule has 1 aliphatic heterocycles. The Balaban J connectivity index is 1.23. The van der Waals surface area contributed by atoms with Crippen molar-refractivity contribution in [2.45, 2.75) is 44.8 Å². The van der Waals surface area contributed by atoms with Crippen LogP contribution in [0.4, 0.5) is 13.2 Å². The molecule has 1 fully saturated rings. The molecular formula is C23H25F3N6O2. The Kier molecular flexibility index (Phi) is 5.88. The van der Waals surface area contributed by atoms with E-state index in [1.54, 1.807) is 0 Å². The number of alkyl halides is 3. The first kappa shape index (κ1) is 22.6. The van der Waals surface area contributed by atoms with Gasteiger partial charge in [-0.3, -0.25) is 14.8 Å². The Hall–Kier alpha value is -3.21. The van der Waals surface area contributed by atoms with Crippen LogP contribution in [0, 0.1) is 0 Å². The Morgan fingerprint density at radius 1 is 1.15 bits per heavy atom. The summed E-state index contributed by atoms with van der Waals surface area (Å²) in [5, 5.41) is 11.2. The fourth-order valence-electron chi connectivity index (χ4n) is 4.63. The second-order valence-corrected chi connectivity index (χ2v) is 8.78. The van der Waals surface area contributed by atoms with Crippen LogP contribution in [0.3, 0.4) is 0 Å². The first-order valence-corrected chi connectivity index (χ1v) is 11.4. The smallest absolute Gasteiger partial charge is 0.337 e. The predicted molar refractivity (Wildman–Crippen MR) is 116 cm³/mol. The number of aryl methyl sites for hydroxylation is 1. The fourth-order valence-corrected chi connectivity index (χ4v) is 4.63. The first-order chi connectivity index (χ1) is 16.3. The molecule has 2 aromatic heterocycles. The number of halogens is 3. The Morgan fingerprint density at radius 2 is 1.91 bits per heavy atom. The van der Waals surface area contributed by atoms with Crippen molar-refractivity contribution in [1.82, 2.24) is 30.1 Å². The van der Waals surface area contributed by atoms with Crippen LogP contribution in [0.5, 0.6) is 0 Å². The zero-order valence-corrected chi connectivity index (χ0v) is 18.7. The van der Waals surface area contributed by atoms with Crippen LogP contribution in [-0.4, -0.2) is 62.2 Å². The number of H-pyrrole nitrogens is 1. The van der Waals surface area contributed by atoms with Crippen molar-refractivity contribution in [3.8, 4) is 11.4 Å². The van der Waals surface area contributed by atoms with Crippen molar-refractivity contribution in [2.75, 3.05) is 26.2 Å². The number of carbonyl (C=O) groups is 1. The van der Waals surface area contributed by atoms with E-state index in [9.17, 15) is 18.0 Å². The van der Waals surface area contributed by atoms with Crippen LogP contribution in [0.2, 0.25) is 0 Å². The third kappa shape index (κ3) is 4.31. The van der Waals surface area contributed by atoms with Gasteiger partial charge in [-0.25, -0.2) is 0 Å². The van der Waals surface area contributed by atoms with Crippen LogP contribution in [0.25, 0.3) is 11.4 Å². The molecule has 5 rings (SSSR count). The molecule has 0 saturated carbocycles. The lowest BCUT2D eigenvalue weighted by Gasteiger charge is -2.36. The van der Waals surface area contributed by atoms with E-state index >= 15 is 0 Å². The van der Waals surface area contributed by atoms with Gasteiger partial charge in [-0.2, -0.15) is 23.3 Å². The van der Waals surface area contributed by atoms with Gasteiger partial charge in [0.25, 0.3) is 5.91 Å². The number of hydrogen-bond donors (Lipinski definition) is 1. The lowest BCUT2D eigenvalue weighted by Crippen LogP contribution is -2.49. The van der Waals surface area contributed by atoms with Gasteiger partial charge in [0.15, 0.2) is 5.69 Å². The zero-order valence-electron chi connectivity index (χ0n) is 18.7. The number of rotatable bonds is 4. The van der Waals surface area contributed by atoms with Gasteiger partial charge in [-0.15, -0.1) is 0 Å². The minimum atomic E-state index is -4.44. The molecule has 1 aromatic carbocycles. The van der Waals surface area contributed by atoms with Crippen molar-refractivity contribution in [3.05, 3.63) is 52.7 Å². The molecule has 8 nitrogen and oxygen atoms in total. The predicted octanol–water partition coefficient (Wildman–Crippen LogP) is 3.88. The van der Waals surface area contributed by atoms with E-state index in [4.69, 9.17) is 4.52 Å². The normalized spacial score (nSPS) is 18.1. The van der Waals surface area contributed by atoms with Gasteiger partial charge in [0.05, 0.1) is 11.6 Å². The number of aromatic nitrogens is 4. The van der Waals surface area contributed by atoms with E-state index in [2.05, 4.69) is 25.2 Å². The third-order valence-corrected chi connectivity index (χ3v) is 6.66. The molecule has 0 spiro atoms. The number of aromatic amines is 1. The van der Waals surface area contributed by atoms with Gasteiger partial charge in [-0.1, -0.05) is 17.3 Å². The van der Waals surface area contributed by atoms with Gasteiger partial charge >= 0.3 is 6.18 Å². The first-order valence-electron chi connectivity index (χ1n) is 11.4. The van der Waals surface area contributed by atoms with Gasteiger partial charge < -0.3 is 9.42 Å². The second kappa shape index (κ2) is 8.86. The average molecular weight is 474 g/mol. The van der Waals surface area contributed by atoms with Crippen LogP contribution >= 0.6 is 0 Å². The molecule has 11 heteroatoms. The summed E-state index contributed by atoms with van der Waals surface area (Å²) in [6.07, 6.45) is -0.430. The van der Waals surface area contributed by atoms with E-state index in [-0.39, 0.29) is 23.3 Å². The molecule has 1 aliphatic carbocycles. The minimum absolute atomic E-state index is 0.0451. The summed E-state index contributed by atoms with van der Waals surface area (Å²) in [7, 11) is 0. The fraction of sp³-hybridized carbons (Fsp3) is 0.478. The SMILES string of the molecule is CC(c1nc(-c2cccc(C(F)(F)F)c2)no1)N1CCN(C(=O)c2n[nH]c3c2CCCC3)CC1. The van der Waals surface area contributed by atoms with Crippen LogP contribution in [-0.2, 0) is 19.0 Å². The summed E-state index contributed by atoms with van der Waals surface area (Å²) in [5.74, 6) is 0.398. The quantitative estimate of drug-likeness (QED) is 0.617. The van der Waals surface area contributed by atoms with Crippen LogP contribution in [0.1, 0.15) is 59.0 Å². The zero-order chi connectivity index (χ0) is 23.9. The number of piperazine rings is 1. The second-order valence-electron chi connectivity index (χ2n) is 8.78. The Bertz CT molecular complexity index is 1180. The maximum atomic E-state index is 13.0. The molecule has 34 heavy (non-hydrogen) atoms. The monoisotopic (exact) mass is 474 g/mol. The summed E-state index contributed by atoms with van der Waals surface area (Å²) in [6, 6.07) is 4.63. The van der Waals surface area contributed by atoms with E-state index in [1.165, 1.54) is 12.1 Å². The lowest BCUT2D eigenvalue weighted by atomic mass is 9.95. The highest BCUT2D eigenvalue weighted by atomic mass is 19.4. The number of hydrogen-bond acceptors (Lipinski definition) is 6. The Morgan fingerprint density at radius 3 is 2.68 bits per heavy atom. The highest BCUT2D eigenvalue weighted by Gasteiger charge is 2.32. The van der Waals surface area contributed by atoms with Gasteiger partial charge in [0, 0.05) is 43.0 Å². The summed E-state index contributed by atoms with van der Waals surface area (Å²) < 4.78 is 44.4. The highest BCUT2D eigenvalue weighted by molar-refractivity contribution is 5.94. The molecule has 0 bridgehead atoms. The van der Waals surface area contributed by atoms with E-state index in [0.29, 0.717) is 37.8 Å². The Labute approximate surface area is 194 Å². The number of fused-ring (bicyclic) bond motifs is 1. The van der Waals surface area contributed by atoms with Gasteiger partial charge in [0.2, 0.25) is 11.7 Å². The molecule has 3 heterocycles. The van der Waals surface area contributed by atoms with Crippen LogP contribution < -0.4 is 0 Å². The van der Waals surface area contributed by atoms with Crippen molar-refractivity contribution in [2.24, 2.45) is 0 Å². The molecular weight excluding hydrogens is 449 g/mol. The summed E-state index contributed by atoms with van der Waals surface area (Å²) in [4.78, 5) is 21.3. The molecule has 2 aliphatic rings. The maximum absolute atomic E-state index is 13.0. The van der Waals surface area contributed by atoms with E-state index in [0.717, 1.165) is 49.1 Å². The molecule has 1 unspecified atom stereocenters. The number of carbonyl (C=O) groups excluding carboxylic acids is 1. The molecule has 3 aromatic rings. The highest BCUT2D eigenvalue weighted by Crippen LogP contribution is 2.32. The average Bonchev–Trinajstić information content (AvgIpc) is 3.51. The molecule has 1 amide bonds. The van der Waals surface area contributed by atoms with Crippen molar-refractivity contribution in [1.29, 1.82) is 0 Å². The molecule has 1 atom stereocenters. The molecule has 1 saturated heterocycles. The molecule has 0 radical (unpaired) electrons. The topological polar surface area (TPSA) is 91.2 Å². The standard InChI is InChI=1S/C23H25F3N6O2/c1-14(21-27-20(30-34-21)15-5-4-6-16(13-15)23(24,25)26)31-9-11-32(12-10-31)22(33)19-17-7-2-3-8-18(17)28-29-19/h4-6,13-14H,2-3,7-12H2,1H3,(H,28,29). The van der Waals surface area contributed by atoms with Crippen molar-refractivity contribution < 1.29 is 22.5 Å². The molecule has 180 valence electrons. The number of amides is 1. The maximum Gasteiger partial charge on any atom is 0.416 e. The van der Waals surface area contributed by atoms with Gasteiger partial charge in [-0.05, 0) is 44.7 Å². The van der Waals surface area contributed by atoms with Crippen LogP contribution in [0.15, 0.2) is 28.8 Å². The summed E-state index contributed by atoms with van der Waals surface area (Å²) in [5.41, 5.74) is 2.16.